The minimum atomic E-state index is 0.228. The van der Waals surface area contributed by atoms with Gasteiger partial charge in [-0.05, 0) is 12.1 Å². The van der Waals surface area contributed by atoms with Gasteiger partial charge in [0.2, 0.25) is 0 Å². The third kappa shape index (κ3) is 3.32. The Morgan fingerprint density at radius 1 is 1.00 bits per heavy atom. The predicted molar refractivity (Wildman–Crippen MR) is 82.2 cm³/mol. The maximum absolute atomic E-state index is 9.89. The van der Waals surface area contributed by atoms with Crippen LogP contribution in [0.25, 0.3) is 10.9 Å². The van der Waals surface area contributed by atoms with Crippen molar-refractivity contribution < 1.29 is 10.2 Å². The number of aliphatic hydroxyl groups is 1. The zero-order valence-electron chi connectivity index (χ0n) is 12.1. The minimum absolute atomic E-state index is 0.228. The van der Waals surface area contributed by atoms with Gasteiger partial charge in [-0.25, -0.2) is 4.98 Å². The first-order chi connectivity index (χ1) is 10.3. The number of aliphatic hydroxyl groups excluding tert-OH is 1. The number of hydrogen-bond donors (Lipinski definition) is 2. The Bertz CT molecular complexity index is 609. The Balaban J connectivity index is 1.67. The summed E-state index contributed by atoms with van der Waals surface area (Å²) in [7, 11) is 0. The number of phenols is 1. The summed E-state index contributed by atoms with van der Waals surface area (Å²) in [6, 6.07) is 9.51. The standard InChI is InChI=1S/C16H21N3O2/c20-11-10-18-6-8-19(9-7-18)12-14-5-4-13-2-1-3-15(21)16(13)17-14/h1-5,20-21H,6-12H2. The lowest BCUT2D eigenvalue weighted by Crippen LogP contribution is -2.46. The summed E-state index contributed by atoms with van der Waals surface area (Å²) in [5, 5.41) is 19.8. The fourth-order valence-electron chi connectivity index (χ4n) is 2.80. The second-order valence-electron chi connectivity index (χ2n) is 5.49. The van der Waals surface area contributed by atoms with Crippen LogP contribution in [0.5, 0.6) is 5.75 Å². The van der Waals surface area contributed by atoms with Gasteiger partial charge in [0.25, 0.3) is 0 Å². The van der Waals surface area contributed by atoms with Gasteiger partial charge in [-0.2, -0.15) is 0 Å². The van der Waals surface area contributed by atoms with Crippen molar-refractivity contribution in [3.63, 3.8) is 0 Å². The average Bonchev–Trinajstić information content (AvgIpc) is 2.50. The van der Waals surface area contributed by atoms with Gasteiger partial charge in [0.15, 0.2) is 0 Å². The van der Waals surface area contributed by atoms with Crippen molar-refractivity contribution in [2.24, 2.45) is 0 Å². The Kier molecular flexibility index (Phi) is 4.34. The zero-order valence-corrected chi connectivity index (χ0v) is 12.1. The van der Waals surface area contributed by atoms with Crippen LogP contribution < -0.4 is 0 Å². The van der Waals surface area contributed by atoms with E-state index in [-0.39, 0.29) is 12.4 Å². The molecule has 0 radical (unpaired) electrons. The molecule has 0 atom stereocenters. The van der Waals surface area contributed by atoms with E-state index >= 15 is 0 Å². The van der Waals surface area contributed by atoms with E-state index in [1.807, 2.05) is 24.3 Å². The normalized spacial score (nSPS) is 17.4. The van der Waals surface area contributed by atoms with Gasteiger partial charge in [-0.15, -0.1) is 0 Å². The molecule has 21 heavy (non-hydrogen) atoms. The van der Waals surface area contributed by atoms with Crippen LogP contribution in [-0.2, 0) is 6.54 Å². The molecule has 1 aliphatic rings. The Morgan fingerprint density at radius 2 is 1.76 bits per heavy atom. The molecule has 0 saturated carbocycles. The van der Waals surface area contributed by atoms with E-state index < -0.39 is 0 Å². The molecular formula is C16H21N3O2. The summed E-state index contributed by atoms with van der Waals surface area (Å²) in [4.78, 5) is 9.22. The molecule has 1 saturated heterocycles. The van der Waals surface area contributed by atoms with Gasteiger partial charge in [0, 0.05) is 44.7 Å². The molecule has 1 fully saturated rings. The maximum Gasteiger partial charge on any atom is 0.141 e. The topological polar surface area (TPSA) is 59.8 Å². The highest BCUT2D eigenvalue weighted by Crippen LogP contribution is 2.22. The Labute approximate surface area is 124 Å². The molecule has 0 bridgehead atoms. The maximum atomic E-state index is 9.89. The molecule has 5 heteroatoms. The van der Waals surface area contributed by atoms with E-state index in [4.69, 9.17) is 5.11 Å². The van der Waals surface area contributed by atoms with Crippen molar-refractivity contribution in [3.8, 4) is 5.75 Å². The highest BCUT2D eigenvalue weighted by Gasteiger charge is 2.17. The Morgan fingerprint density at radius 3 is 2.52 bits per heavy atom. The number of nitrogens with zero attached hydrogens (tertiary/aromatic N) is 3. The monoisotopic (exact) mass is 287 g/mol. The summed E-state index contributed by atoms with van der Waals surface area (Å²) >= 11 is 0. The van der Waals surface area contributed by atoms with Crippen molar-refractivity contribution in [2.45, 2.75) is 6.54 Å². The van der Waals surface area contributed by atoms with Crippen LogP contribution in [0.15, 0.2) is 30.3 Å². The molecule has 0 spiro atoms. The molecule has 1 aromatic heterocycles. The molecule has 3 rings (SSSR count). The van der Waals surface area contributed by atoms with Crippen molar-refractivity contribution in [2.75, 3.05) is 39.3 Å². The SMILES string of the molecule is OCCN1CCN(Cc2ccc3cccc(O)c3n2)CC1. The van der Waals surface area contributed by atoms with Crippen LogP contribution >= 0.6 is 0 Å². The third-order valence-corrected chi connectivity index (χ3v) is 4.02. The van der Waals surface area contributed by atoms with E-state index in [0.29, 0.717) is 5.52 Å². The number of pyridine rings is 1. The van der Waals surface area contributed by atoms with Crippen molar-refractivity contribution in [1.82, 2.24) is 14.8 Å². The van der Waals surface area contributed by atoms with Crippen molar-refractivity contribution >= 4 is 10.9 Å². The molecule has 2 aromatic rings. The molecule has 1 aliphatic heterocycles. The van der Waals surface area contributed by atoms with Crippen molar-refractivity contribution in [1.29, 1.82) is 0 Å². The summed E-state index contributed by atoms with van der Waals surface area (Å²) in [6.45, 7) is 5.73. The third-order valence-electron chi connectivity index (χ3n) is 4.02. The van der Waals surface area contributed by atoms with Gasteiger partial charge < -0.3 is 10.2 Å². The van der Waals surface area contributed by atoms with E-state index in [1.54, 1.807) is 6.07 Å². The first-order valence-corrected chi connectivity index (χ1v) is 7.39. The molecule has 2 heterocycles. The highest BCUT2D eigenvalue weighted by molar-refractivity contribution is 5.84. The second kappa shape index (κ2) is 6.39. The van der Waals surface area contributed by atoms with Crippen LogP contribution in [0.4, 0.5) is 0 Å². The number of rotatable bonds is 4. The minimum Gasteiger partial charge on any atom is -0.506 e. The van der Waals surface area contributed by atoms with Crippen LogP contribution in [0.1, 0.15) is 5.69 Å². The zero-order chi connectivity index (χ0) is 14.7. The molecule has 0 unspecified atom stereocenters. The van der Waals surface area contributed by atoms with Gasteiger partial charge in [0.1, 0.15) is 11.3 Å². The van der Waals surface area contributed by atoms with E-state index in [2.05, 4.69) is 14.8 Å². The lowest BCUT2D eigenvalue weighted by atomic mass is 10.2. The molecule has 112 valence electrons. The first kappa shape index (κ1) is 14.3. The smallest absolute Gasteiger partial charge is 0.141 e. The van der Waals surface area contributed by atoms with E-state index in [9.17, 15) is 5.11 Å². The molecule has 1 aromatic carbocycles. The number of piperazine rings is 1. The number of hydrogen-bond acceptors (Lipinski definition) is 5. The van der Waals surface area contributed by atoms with Gasteiger partial charge in [0.05, 0.1) is 12.3 Å². The Hall–Kier alpha value is -1.69. The first-order valence-electron chi connectivity index (χ1n) is 7.39. The number of β-amino-alcohol motifs (C(OH)–C–C–N with tert-alkyl or cyclic N) is 1. The molecule has 5 nitrogen and oxygen atoms in total. The largest absolute Gasteiger partial charge is 0.506 e. The van der Waals surface area contributed by atoms with E-state index in [0.717, 1.165) is 50.3 Å². The quantitative estimate of drug-likeness (QED) is 0.880. The van der Waals surface area contributed by atoms with Gasteiger partial charge >= 0.3 is 0 Å². The lowest BCUT2D eigenvalue weighted by Gasteiger charge is -2.34. The average molecular weight is 287 g/mol. The molecule has 0 aliphatic carbocycles. The van der Waals surface area contributed by atoms with Crippen molar-refractivity contribution in [3.05, 3.63) is 36.0 Å². The summed E-state index contributed by atoms with van der Waals surface area (Å²) in [5.41, 5.74) is 1.66. The van der Waals surface area contributed by atoms with Crippen LogP contribution in [0, 0.1) is 0 Å². The van der Waals surface area contributed by atoms with Crippen LogP contribution in [-0.4, -0.2) is 64.3 Å². The molecule has 2 N–H and O–H groups in total. The number of aromatic hydroxyl groups is 1. The van der Waals surface area contributed by atoms with Crippen LogP contribution in [0.2, 0.25) is 0 Å². The highest BCUT2D eigenvalue weighted by atomic mass is 16.3. The number of aromatic nitrogens is 1. The number of benzene rings is 1. The summed E-state index contributed by atoms with van der Waals surface area (Å²) in [5.74, 6) is 0.238. The van der Waals surface area contributed by atoms with Crippen LogP contribution in [0.3, 0.4) is 0 Å². The number of phenolic OH excluding ortho intramolecular Hbond substituents is 1. The fourth-order valence-corrected chi connectivity index (χ4v) is 2.80. The number of para-hydroxylation sites is 1. The molecule has 0 amide bonds. The predicted octanol–water partition coefficient (Wildman–Crippen LogP) is 1.05. The second-order valence-corrected chi connectivity index (χ2v) is 5.49. The lowest BCUT2D eigenvalue weighted by molar-refractivity contribution is 0.108. The van der Waals surface area contributed by atoms with Gasteiger partial charge in [-0.1, -0.05) is 18.2 Å². The summed E-state index contributed by atoms with van der Waals surface area (Å²) < 4.78 is 0. The van der Waals surface area contributed by atoms with Gasteiger partial charge in [-0.3, -0.25) is 9.80 Å². The number of fused-ring (bicyclic) bond motifs is 1. The fraction of sp³-hybridized carbons (Fsp3) is 0.438. The molecular weight excluding hydrogens is 266 g/mol. The van der Waals surface area contributed by atoms with E-state index in [1.165, 1.54) is 0 Å². The summed E-state index contributed by atoms with van der Waals surface area (Å²) in [6.07, 6.45) is 0.